The molecular formula is C24H28ClN3O. The summed E-state index contributed by atoms with van der Waals surface area (Å²) >= 11 is 6.01. The summed E-state index contributed by atoms with van der Waals surface area (Å²) in [6.45, 7) is 9.37. The minimum absolute atomic E-state index is 0.0602. The molecule has 5 heteroatoms. The van der Waals surface area contributed by atoms with Crippen molar-refractivity contribution in [1.82, 2.24) is 14.5 Å². The monoisotopic (exact) mass is 409 g/mol. The fraction of sp³-hybridized carbons (Fsp3) is 0.417. The first-order chi connectivity index (χ1) is 13.9. The van der Waals surface area contributed by atoms with Crippen LogP contribution in [0.4, 0.5) is 0 Å². The molecular weight excluding hydrogens is 382 g/mol. The van der Waals surface area contributed by atoms with Crippen LogP contribution in [0.1, 0.15) is 32.5 Å². The predicted molar refractivity (Wildman–Crippen MR) is 121 cm³/mol. The van der Waals surface area contributed by atoms with Gasteiger partial charge in [0.15, 0.2) is 0 Å². The zero-order valence-electron chi connectivity index (χ0n) is 17.4. The van der Waals surface area contributed by atoms with Gasteiger partial charge < -0.3 is 4.90 Å². The van der Waals surface area contributed by atoms with E-state index in [4.69, 9.17) is 16.6 Å². The Morgan fingerprint density at radius 3 is 2.59 bits per heavy atom. The summed E-state index contributed by atoms with van der Waals surface area (Å²) in [6.07, 6.45) is 2.36. The molecule has 2 heterocycles. The average Bonchev–Trinajstić information content (AvgIpc) is 2.72. The van der Waals surface area contributed by atoms with Crippen LogP contribution in [0.3, 0.4) is 0 Å². The highest BCUT2D eigenvalue weighted by atomic mass is 35.5. The number of fused-ring (bicyclic) bond motifs is 1. The van der Waals surface area contributed by atoms with Crippen LogP contribution in [0.25, 0.3) is 22.0 Å². The summed E-state index contributed by atoms with van der Waals surface area (Å²) in [7, 11) is 0. The van der Waals surface area contributed by atoms with E-state index in [0.29, 0.717) is 22.4 Å². The van der Waals surface area contributed by atoms with Crippen molar-refractivity contribution >= 4 is 22.5 Å². The largest absolute Gasteiger partial charge is 0.301 e. The summed E-state index contributed by atoms with van der Waals surface area (Å²) < 4.78 is 1.88. The minimum Gasteiger partial charge on any atom is -0.301 e. The number of aromatic nitrogens is 2. The van der Waals surface area contributed by atoms with Crippen LogP contribution in [0.2, 0.25) is 5.02 Å². The lowest BCUT2D eigenvalue weighted by atomic mass is 9.96. The summed E-state index contributed by atoms with van der Waals surface area (Å²) in [5.41, 5.74) is 2.87. The fourth-order valence-electron chi connectivity index (χ4n) is 4.34. The van der Waals surface area contributed by atoms with E-state index in [0.717, 1.165) is 48.5 Å². The molecule has 0 radical (unpaired) electrons. The van der Waals surface area contributed by atoms with E-state index in [1.165, 1.54) is 6.42 Å². The van der Waals surface area contributed by atoms with Gasteiger partial charge in [-0.05, 0) is 81.5 Å². The number of halogens is 1. The number of likely N-dealkylation sites (tertiary alicyclic amines) is 1. The summed E-state index contributed by atoms with van der Waals surface area (Å²) in [4.78, 5) is 20.6. The van der Waals surface area contributed by atoms with E-state index in [-0.39, 0.29) is 5.56 Å². The van der Waals surface area contributed by atoms with Gasteiger partial charge in [0.1, 0.15) is 5.82 Å². The zero-order valence-corrected chi connectivity index (χ0v) is 18.1. The Morgan fingerprint density at radius 1 is 1.14 bits per heavy atom. The van der Waals surface area contributed by atoms with Crippen molar-refractivity contribution in [3.8, 4) is 11.1 Å². The number of rotatable bonds is 4. The standard InChI is InChI=1S/C24H28ClN3O/c1-16(2)27-12-4-5-18(14-27)15-28-17(3)26-23-11-8-20(13-22(23)24(28)29)19-6-9-21(25)10-7-19/h6-11,13,16,18H,4-5,12,14-15H2,1-3H3. The van der Waals surface area contributed by atoms with Crippen molar-refractivity contribution in [2.75, 3.05) is 13.1 Å². The molecule has 4 rings (SSSR count). The second-order valence-electron chi connectivity index (χ2n) is 8.41. The quantitative estimate of drug-likeness (QED) is 0.598. The molecule has 0 spiro atoms. The third-order valence-corrected chi connectivity index (χ3v) is 6.30. The molecule has 0 N–H and O–H groups in total. The molecule has 1 saturated heterocycles. The lowest BCUT2D eigenvalue weighted by Crippen LogP contribution is -2.42. The van der Waals surface area contributed by atoms with Crippen molar-refractivity contribution in [3.05, 3.63) is 63.7 Å². The number of aryl methyl sites for hydroxylation is 1. The Kier molecular flexibility index (Phi) is 5.75. The molecule has 29 heavy (non-hydrogen) atoms. The van der Waals surface area contributed by atoms with E-state index in [1.54, 1.807) is 0 Å². The molecule has 0 aliphatic carbocycles. The normalized spacial score (nSPS) is 17.9. The van der Waals surface area contributed by atoms with Crippen LogP contribution in [0, 0.1) is 12.8 Å². The maximum Gasteiger partial charge on any atom is 0.261 e. The second kappa shape index (κ2) is 8.29. The van der Waals surface area contributed by atoms with Gasteiger partial charge in [0, 0.05) is 24.2 Å². The Balaban J connectivity index is 1.69. The molecule has 2 aromatic carbocycles. The molecule has 1 unspecified atom stereocenters. The second-order valence-corrected chi connectivity index (χ2v) is 8.85. The highest BCUT2D eigenvalue weighted by Crippen LogP contribution is 2.25. The first-order valence-corrected chi connectivity index (χ1v) is 10.8. The van der Waals surface area contributed by atoms with Gasteiger partial charge in [-0.15, -0.1) is 0 Å². The van der Waals surface area contributed by atoms with Crippen LogP contribution in [0.5, 0.6) is 0 Å². The van der Waals surface area contributed by atoms with Gasteiger partial charge in [-0.2, -0.15) is 0 Å². The van der Waals surface area contributed by atoms with E-state index in [1.807, 2.05) is 54.0 Å². The molecule has 1 atom stereocenters. The van der Waals surface area contributed by atoms with Gasteiger partial charge in [0.2, 0.25) is 0 Å². The molecule has 1 aliphatic heterocycles. The average molecular weight is 410 g/mol. The van der Waals surface area contributed by atoms with Crippen molar-refractivity contribution in [2.45, 2.75) is 46.2 Å². The molecule has 0 saturated carbocycles. The number of benzene rings is 2. The van der Waals surface area contributed by atoms with Crippen LogP contribution in [-0.4, -0.2) is 33.6 Å². The van der Waals surface area contributed by atoms with Gasteiger partial charge in [-0.25, -0.2) is 4.98 Å². The van der Waals surface area contributed by atoms with Gasteiger partial charge in [-0.3, -0.25) is 9.36 Å². The molecule has 3 aromatic rings. The smallest absolute Gasteiger partial charge is 0.261 e. The topological polar surface area (TPSA) is 38.1 Å². The Hall–Kier alpha value is -2.17. The minimum atomic E-state index is 0.0602. The van der Waals surface area contributed by atoms with Crippen molar-refractivity contribution in [3.63, 3.8) is 0 Å². The lowest BCUT2D eigenvalue weighted by molar-refractivity contribution is 0.129. The number of hydrogen-bond acceptors (Lipinski definition) is 3. The van der Waals surface area contributed by atoms with E-state index < -0.39 is 0 Å². The zero-order chi connectivity index (χ0) is 20.5. The summed E-state index contributed by atoms with van der Waals surface area (Å²) in [5, 5.41) is 1.39. The lowest BCUT2D eigenvalue weighted by Gasteiger charge is -2.35. The van der Waals surface area contributed by atoms with Crippen molar-refractivity contribution < 1.29 is 0 Å². The van der Waals surface area contributed by atoms with Gasteiger partial charge >= 0.3 is 0 Å². The molecule has 0 amide bonds. The predicted octanol–water partition coefficient (Wildman–Crippen LogP) is 5.15. The third kappa shape index (κ3) is 4.24. The van der Waals surface area contributed by atoms with Crippen LogP contribution < -0.4 is 5.56 Å². The van der Waals surface area contributed by atoms with Crippen molar-refractivity contribution in [1.29, 1.82) is 0 Å². The molecule has 0 bridgehead atoms. The fourth-order valence-corrected chi connectivity index (χ4v) is 4.47. The van der Waals surface area contributed by atoms with Gasteiger partial charge in [-0.1, -0.05) is 29.8 Å². The summed E-state index contributed by atoms with van der Waals surface area (Å²) in [6, 6.07) is 14.2. The molecule has 152 valence electrons. The SMILES string of the molecule is Cc1nc2ccc(-c3ccc(Cl)cc3)cc2c(=O)n1CC1CCCN(C(C)C)C1. The molecule has 1 aromatic heterocycles. The number of piperidine rings is 1. The molecule has 1 fully saturated rings. The van der Waals surface area contributed by atoms with Crippen LogP contribution in [-0.2, 0) is 6.54 Å². The van der Waals surface area contributed by atoms with Crippen LogP contribution >= 0.6 is 11.6 Å². The van der Waals surface area contributed by atoms with Crippen molar-refractivity contribution in [2.24, 2.45) is 5.92 Å². The highest BCUT2D eigenvalue weighted by Gasteiger charge is 2.23. The first-order valence-electron chi connectivity index (χ1n) is 10.4. The summed E-state index contributed by atoms with van der Waals surface area (Å²) in [5.74, 6) is 1.28. The van der Waals surface area contributed by atoms with E-state index in [2.05, 4.69) is 18.7 Å². The molecule has 1 aliphatic rings. The van der Waals surface area contributed by atoms with E-state index in [9.17, 15) is 4.79 Å². The Labute approximate surface area is 177 Å². The maximum absolute atomic E-state index is 13.4. The molecule has 4 nitrogen and oxygen atoms in total. The highest BCUT2D eigenvalue weighted by molar-refractivity contribution is 6.30. The van der Waals surface area contributed by atoms with Gasteiger partial charge in [0.05, 0.1) is 10.9 Å². The Bertz CT molecular complexity index is 1070. The number of nitrogens with zero attached hydrogens (tertiary/aromatic N) is 3. The van der Waals surface area contributed by atoms with Gasteiger partial charge in [0.25, 0.3) is 5.56 Å². The maximum atomic E-state index is 13.4. The first kappa shape index (κ1) is 20.1. The van der Waals surface area contributed by atoms with Crippen LogP contribution in [0.15, 0.2) is 47.3 Å². The third-order valence-electron chi connectivity index (χ3n) is 6.04. The number of hydrogen-bond donors (Lipinski definition) is 0. The Morgan fingerprint density at radius 2 is 1.86 bits per heavy atom. The van der Waals surface area contributed by atoms with E-state index >= 15 is 0 Å².